The lowest BCUT2D eigenvalue weighted by molar-refractivity contribution is -0.384. The van der Waals surface area contributed by atoms with Gasteiger partial charge in [0.15, 0.2) is 0 Å². The van der Waals surface area contributed by atoms with E-state index in [1.165, 1.54) is 12.1 Å². The van der Waals surface area contributed by atoms with Crippen LogP contribution in [0.15, 0.2) is 59.8 Å². The number of allylic oxidation sites excluding steroid dienone is 1. The molecular weight excluding hydrogens is 294 g/mol. The molecule has 0 amide bonds. The van der Waals surface area contributed by atoms with Crippen LogP contribution in [0.1, 0.15) is 11.1 Å². The van der Waals surface area contributed by atoms with Crippen LogP contribution >= 0.6 is 0 Å². The summed E-state index contributed by atoms with van der Waals surface area (Å²) in [4.78, 5) is 12.2. The van der Waals surface area contributed by atoms with Gasteiger partial charge in [-0.15, -0.1) is 0 Å². The summed E-state index contributed by atoms with van der Waals surface area (Å²) in [6, 6.07) is 13.7. The van der Waals surface area contributed by atoms with Crippen molar-refractivity contribution in [2.75, 3.05) is 19.0 Å². The first-order chi connectivity index (χ1) is 11.0. The maximum Gasteiger partial charge on any atom is 0.269 e. The number of non-ortho nitro benzene ring substituents is 1. The lowest BCUT2D eigenvalue weighted by atomic mass is 10.1. The number of anilines is 1. The van der Waals surface area contributed by atoms with Gasteiger partial charge < -0.3 is 10.1 Å². The predicted molar refractivity (Wildman–Crippen MR) is 91.2 cm³/mol. The summed E-state index contributed by atoms with van der Waals surface area (Å²) in [5.74, 6) is 0. The molecule has 0 aliphatic carbocycles. The molecule has 0 aliphatic rings. The van der Waals surface area contributed by atoms with Crippen molar-refractivity contribution in [3.05, 3.63) is 75.8 Å². The van der Waals surface area contributed by atoms with Crippen LogP contribution in [0.4, 0.5) is 11.4 Å². The van der Waals surface area contributed by atoms with E-state index in [2.05, 4.69) is 5.16 Å². The molecule has 23 heavy (non-hydrogen) atoms. The van der Waals surface area contributed by atoms with Gasteiger partial charge in [-0.2, -0.15) is 0 Å². The molecule has 0 saturated heterocycles. The second-order valence-electron chi connectivity index (χ2n) is 5.11. The van der Waals surface area contributed by atoms with Crippen molar-refractivity contribution in [1.82, 2.24) is 0 Å². The van der Waals surface area contributed by atoms with Gasteiger partial charge in [-0.1, -0.05) is 23.4 Å². The Morgan fingerprint density at radius 2 is 1.74 bits per heavy atom. The lowest BCUT2D eigenvalue weighted by Crippen LogP contribution is -2.08. The maximum absolute atomic E-state index is 10.6. The zero-order chi connectivity index (χ0) is 16.8. The standard InChI is InChI=1S/C17H17N3O3/c1-19(2)15-10-6-14(7-11-15)17(18-21)12-5-13-3-8-16(9-4-13)20(22)23/h3-12,21H,1-2H3/b12-5+,18-17+. The van der Waals surface area contributed by atoms with Crippen molar-refractivity contribution >= 4 is 23.2 Å². The predicted octanol–water partition coefficient (Wildman–Crippen LogP) is 3.55. The van der Waals surface area contributed by atoms with Gasteiger partial charge in [0.1, 0.15) is 5.71 Å². The smallest absolute Gasteiger partial charge is 0.269 e. The van der Waals surface area contributed by atoms with E-state index < -0.39 is 4.92 Å². The second-order valence-corrected chi connectivity index (χ2v) is 5.11. The number of nitro benzene ring substituents is 1. The first kappa shape index (κ1) is 16.2. The highest BCUT2D eigenvalue weighted by molar-refractivity contribution is 6.10. The van der Waals surface area contributed by atoms with E-state index >= 15 is 0 Å². The summed E-state index contributed by atoms with van der Waals surface area (Å²) in [6.07, 6.45) is 3.39. The minimum absolute atomic E-state index is 0.0393. The van der Waals surface area contributed by atoms with Gasteiger partial charge in [0, 0.05) is 37.5 Å². The van der Waals surface area contributed by atoms with Crippen molar-refractivity contribution in [1.29, 1.82) is 0 Å². The van der Waals surface area contributed by atoms with Crippen LogP contribution in [0.25, 0.3) is 6.08 Å². The molecule has 0 fully saturated rings. The fourth-order valence-corrected chi connectivity index (χ4v) is 2.00. The van der Waals surface area contributed by atoms with Crippen LogP contribution in [0.3, 0.4) is 0 Å². The summed E-state index contributed by atoms with van der Waals surface area (Å²) in [5.41, 5.74) is 3.05. The van der Waals surface area contributed by atoms with E-state index in [1.807, 2.05) is 43.3 Å². The summed E-state index contributed by atoms with van der Waals surface area (Å²) in [7, 11) is 3.90. The molecule has 0 aromatic heterocycles. The molecule has 0 spiro atoms. The van der Waals surface area contributed by atoms with Crippen LogP contribution in [0, 0.1) is 10.1 Å². The molecule has 2 rings (SSSR count). The normalized spacial score (nSPS) is 11.7. The van der Waals surface area contributed by atoms with Gasteiger partial charge in [0.2, 0.25) is 0 Å². The highest BCUT2D eigenvalue weighted by Gasteiger charge is 2.04. The maximum atomic E-state index is 10.6. The van der Waals surface area contributed by atoms with Crippen LogP contribution in [0.5, 0.6) is 0 Å². The van der Waals surface area contributed by atoms with E-state index in [4.69, 9.17) is 0 Å². The number of nitro groups is 1. The van der Waals surface area contributed by atoms with Crippen molar-refractivity contribution in [2.45, 2.75) is 0 Å². The minimum Gasteiger partial charge on any atom is -0.410 e. The molecule has 0 heterocycles. The topological polar surface area (TPSA) is 79.0 Å². The molecule has 6 nitrogen and oxygen atoms in total. The third-order valence-electron chi connectivity index (χ3n) is 3.32. The Balaban J connectivity index is 2.17. The molecule has 0 unspecified atom stereocenters. The molecule has 0 atom stereocenters. The fourth-order valence-electron chi connectivity index (χ4n) is 2.00. The van der Waals surface area contributed by atoms with Crippen molar-refractivity contribution < 1.29 is 10.1 Å². The van der Waals surface area contributed by atoms with Gasteiger partial charge in [0.05, 0.1) is 4.92 Å². The minimum atomic E-state index is -0.444. The number of rotatable bonds is 5. The summed E-state index contributed by atoms with van der Waals surface area (Å²) < 4.78 is 0. The monoisotopic (exact) mass is 311 g/mol. The van der Waals surface area contributed by atoms with Gasteiger partial charge >= 0.3 is 0 Å². The summed E-state index contributed by atoms with van der Waals surface area (Å²) >= 11 is 0. The van der Waals surface area contributed by atoms with Gasteiger partial charge in [-0.3, -0.25) is 10.1 Å². The molecule has 0 radical (unpaired) electrons. The Hall–Kier alpha value is -3.15. The van der Waals surface area contributed by atoms with E-state index in [9.17, 15) is 15.3 Å². The second kappa shape index (κ2) is 7.22. The van der Waals surface area contributed by atoms with Crippen molar-refractivity contribution in [3.8, 4) is 0 Å². The Morgan fingerprint density at radius 3 is 2.22 bits per heavy atom. The Morgan fingerprint density at radius 1 is 1.13 bits per heavy atom. The summed E-state index contributed by atoms with van der Waals surface area (Å²) in [6.45, 7) is 0. The average Bonchev–Trinajstić information content (AvgIpc) is 2.56. The van der Waals surface area contributed by atoms with Crippen molar-refractivity contribution in [3.63, 3.8) is 0 Å². The van der Waals surface area contributed by atoms with Crippen LogP contribution in [-0.4, -0.2) is 29.9 Å². The first-order valence-corrected chi connectivity index (χ1v) is 6.93. The zero-order valence-electron chi connectivity index (χ0n) is 12.9. The SMILES string of the molecule is CN(C)c1ccc(C(/C=C/c2ccc([N+](=O)[O-])cc2)=N/O)cc1. The molecule has 0 saturated carbocycles. The third-order valence-corrected chi connectivity index (χ3v) is 3.32. The molecule has 0 bridgehead atoms. The number of nitrogens with zero attached hydrogens (tertiary/aromatic N) is 3. The lowest BCUT2D eigenvalue weighted by Gasteiger charge is -2.12. The van der Waals surface area contributed by atoms with E-state index in [0.29, 0.717) is 5.71 Å². The van der Waals surface area contributed by atoms with Crippen LogP contribution < -0.4 is 4.90 Å². The van der Waals surface area contributed by atoms with Crippen molar-refractivity contribution in [2.24, 2.45) is 5.16 Å². The molecule has 0 aliphatic heterocycles. The Bertz CT molecular complexity index is 733. The third kappa shape index (κ3) is 4.16. The number of oxime groups is 1. The number of benzene rings is 2. The molecule has 6 heteroatoms. The Kier molecular flexibility index (Phi) is 5.09. The van der Waals surface area contributed by atoms with E-state index in [1.54, 1.807) is 24.3 Å². The van der Waals surface area contributed by atoms with E-state index in [0.717, 1.165) is 16.8 Å². The molecule has 1 N–H and O–H groups in total. The molecule has 118 valence electrons. The Labute approximate surface area is 134 Å². The molecule has 2 aromatic carbocycles. The van der Waals surface area contributed by atoms with Crippen LogP contribution in [0.2, 0.25) is 0 Å². The van der Waals surface area contributed by atoms with Crippen LogP contribution in [-0.2, 0) is 0 Å². The molecular formula is C17H17N3O3. The summed E-state index contributed by atoms with van der Waals surface area (Å²) in [5, 5.41) is 23.1. The number of hydrogen-bond donors (Lipinski definition) is 1. The average molecular weight is 311 g/mol. The highest BCUT2D eigenvalue weighted by Crippen LogP contribution is 2.15. The molecule has 2 aromatic rings. The van der Waals surface area contributed by atoms with Gasteiger partial charge in [0.25, 0.3) is 5.69 Å². The largest absolute Gasteiger partial charge is 0.410 e. The highest BCUT2D eigenvalue weighted by atomic mass is 16.6. The fraction of sp³-hybridized carbons (Fsp3) is 0.118. The van der Waals surface area contributed by atoms with Gasteiger partial charge in [-0.25, -0.2) is 0 Å². The van der Waals surface area contributed by atoms with Gasteiger partial charge in [-0.05, 0) is 35.9 Å². The quantitative estimate of drug-likeness (QED) is 0.396. The zero-order valence-corrected chi connectivity index (χ0v) is 12.9. The first-order valence-electron chi connectivity index (χ1n) is 6.93. The number of hydrogen-bond acceptors (Lipinski definition) is 5. The van der Waals surface area contributed by atoms with E-state index in [-0.39, 0.29) is 5.69 Å².